The lowest BCUT2D eigenvalue weighted by Gasteiger charge is -2.05. The molecule has 0 aliphatic carbocycles. The number of halogens is 2. The Morgan fingerprint density at radius 3 is 2.45 bits per heavy atom. The molecule has 0 radical (unpaired) electrons. The van der Waals surface area contributed by atoms with Crippen molar-refractivity contribution >= 4 is 34.8 Å². The molecule has 2 rings (SSSR count). The van der Waals surface area contributed by atoms with Crippen molar-refractivity contribution < 1.29 is 4.79 Å². The molecule has 0 atom stereocenters. The van der Waals surface area contributed by atoms with Crippen LogP contribution in [-0.2, 0) is 0 Å². The summed E-state index contributed by atoms with van der Waals surface area (Å²) in [5.41, 5.74) is 4.38. The number of hydrogen-bond acceptors (Lipinski definition) is 2. The molecule has 1 N–H and O–H groups in total. The Morgan fingerprint density at radius 1 is 1.10 bits per heavy atom. The third-order valence-electron chi connectivity index (χ3n) is 2.68. The first-order valence-corrected chi connectivity index (χ1v) is 6.68. The molecular formula is C15H12Cl2N2O. The Bertz CT molecular complexity index is 654. The number of hydrogen-bond donors (Lipinski definition) is 1. The summed E-state index contributed by atoms with van der Waals surface area (Å²) < 4.78 is 0. The van der Waals surface area contributed by atoms with Gasteiger partial charge in [-0.3, -0.25) is 4.79 Å². The summed E-state index contributed by atoms with van der Waals surface area (Å²) in [6, 6.07) is 14.0. The van der Waals surface area contributed by atoms with Crippen LogP contribution < -0.4 is 5.43 Å². The fourth-order valence-electron chi connectivity index (χ4n) is 1.63. The normalized spacial score (nSPS) is 11.2. The first kappa shape index (κ1) is 14.6. The van der Waals surface area contributed by atoms with Gasteiger partial charge >= 0.3 is 0 Å². The molecule has 0 heterocycles. The average molecular weight is 307 g/mol. The van der Waals surface area contributed by atoms with E-state index in [0.29, 0.717) is 21.3 Å². The van der Waals surface area contributed by atoms with E-state index < -0.39 is 0 Å². The van der Waals surface area contributed by atoms with E-state index in [1.165, 1.54) is 0 Å². The first-order chi connectivity index (χ1) is 9.58. The lowest BCUT2D eigenvalue weighted by Crippen LogP contribution is -2.19. The van der Waals surface area contributed by atoms with Gasteiger partial charge in [0.25, 0.3) is 5.91 Å². The molecule has 0 unspecified atom stereocenters. The molecule has 0 saturated carbocycles. The molecule has 0 aromatic heterocycles. The number of rotatable bonds is 3. The van der Waals surface area contributed by atoms with Crippen LogP contribution in [0.2, 0.25) is 10.0 Å². The van der Waals surface area contributed by atoms with E-state index in [4.69, 9.17) is 23.2 Å². The molecule has 0 spiro atoms. The van der Waals surface area contributed by atoms with Gasteiger partial charge in [-0.25, -0.2) is 5.43 Å². The van der Waals surface area contributed by atoms with Gasteiger partial charge < -0.3 is 0 Å². The van der Waals surface area contributed by atoms with Gasteiger partial charge in [0.05, 0.1) is 10.7 Å². The summed E-state index contributed by atoms with van der Waals surface area (Å²) in [7, 11) is 0. The number of nitrogens with zero attached hydrogens (tertiary/aromatic N) is 1. The van der Waals surface area contributed by atoms with Crippen LogP contribution in [0.5, 0.6) is 0 Å². The van der Waals surface area contributed by atoms with Gasteiger partial charge in [0.2, 0.25) is 0 Å². The summed E-state index contributed by atoms with van der Waals surface area (Å²) in [4.78, 5) is 11.8. The second-order valence-electron chi connectivity index (χ2n) is 4.13. The Hall–Kier alpha value is -1.84. The Morgan fingerprint density at radius 2 is 1.80 bits per heavy atom. The van der Waals surface area contributed by atoms with E-state index in [1.54, 1.807) is 49.4 Å². The van der Waals surface area contributed by atoms with Gasteiger partial charge in [0.1, 0.15) is 0 Å². The topological polar surface area (TPSA) is 41.5 Å². The monoisotopic (exact) mass is 306 g/mol. The zero-order valence-electron chi connectivity index (χ0n) is 10.7. The molecule has 20 heavy (non-hydrogen) atoms. The lowest BCUT2D eigenvalue weighted by molar-refractivity contribution is 0.0955. The van der Waals surface area contributed by atoms with Crippen molar-refractivity contribution in [1.29, 1.82) is 0 Å². The zero-order chi connectivity index (χ0) is 14.5. The third-order valence-corrected chi connectivity index (χ3v) is 3.23. The van der Waals surface area contributed by atoms with Crippen LogP contribution >= 0.6 is 23.2 Å². The van der Waals surface area contributed by atoms with E-state index >= 15 is 0 Å². The minimum atomic E-state index is -0.268. The smallest absolute Gasteiger partial charge is 0.267 e. The molecule has 0 fully saturated rings. The predicted octanol–water partition coefficient (Wildman–Crippen LogP) is 4.15. The highest BCUT2D eigenvalue weighted by Crippen LogP contribution is 2.21. The Kier molecular flexibility index (Phi) is 4.77. The van der Waals surface area contributed by atoms with Crippen molar-refractivity contribution in [3.05, 3.63) is 69.7 Å². The van der Waals surface area contributed by atoms with Crippen LogP contribution in [0.3, 0.4) is 0 Å². The highest BCUT2D eigenvalue weighted by molar-refractivity contribution is 6.37. The summed E-state index contributed by atoms with van der Waals surface area (Å²) in [5.74, 6) is -0.268. The van der Waals surface area contributed by atoms with Crippen LogP contribution in [0.1, 0.15) is 22.8 Å². The molecule has 0 saturated heterocycles. The van der Waals surface area contributed by atoms with Crippen molar-refractivity contribution in [3.8, 4) is 0 Å². The minimum Gasteiger partial charge on any atom is -0.267 e. The summed E-state index contributed by atoms with van der Waals surface area (Å²) in [5, 5.41) is 5.10. The molecule has 3 nitrogen and oxygen atoms in total. The van der Waals surface area contributed by atoms with Crippen molar-refractivity contribution in [3.63, 3.8) is 0 Å². The average Bonchev–Trinajstić information content (AvgIpc) is 2.45. The quantitative estimate of drug-likeness (QED) is 0.672. The number of hydrazone groups is 1. The number of carbonyl (C=O) groups excluding carboxylic acids is 1. The number of nitrogens with one attached hydrogen (secondary N) is 1. The van der Waals surface area contributed by atoms with Crippen LogP contribution in [0, 0.1) is 0 Å². The second-order valence-corrected chi connectivity index (χ2v) is 4.97. The van der Waals surface area contributed by atoms with Crippen LogP contribution in [0.4, 0.5) is 0 Å². The molecule has 5 heteroatoms. The van der Waals surface area contributed by atoms with E-state index in [0.717, 1.165) is 5.56 Å². The Balaban J connectivity index is 2.13. The standard InChI is InChI=1S/C15H12Cl2N2O/c1-10(13-8-7-12(16)9-14(13)17)18-19-15(20)11-5-3-2-4-6-11/h2-9H,1H3,(H,19,20). The van der Waals surface area contributed by atoms with Gasteiger partial charge in [0, 0.05) is 16.1 Å². The maximum absolute atomic E-state index is 11.8. The van der Waals surface area contributed by atoms with Gasteiger partial charge in [-0.05, 0) is 31.2 Å². The number of carbonyl (C=O) groups is 1. The van der Waals surface area contributed by atoms with Crippen LogP contribution in [0.15, 0.2) is 53.6 Å². The largest absolute Gasteiger partial charge is 0.271 e. The third kappa shape index (κ3) is 3.59. The fourth-order valence-corrected chi connectivity index (χ4v) is 2.18. The molecule has 102 valence electrons. The van der Waals surface area contributed by atoms with Crippen molar-refractivity contribution in [2.24, 2.45) is 5.10 Å². The molecule has 0 aliphatic rings. The molecule has 2 aromatic rings. The van der Waals surface area contributed by atoms with E-state index in [-0.39, 0.29) is 5.91 Å². The van der Waals surface area contributed by atoms with Gasteiger partial charge in [-0.2, -0.15) is 5.10 Å². The van der Waals surface area contributed by atoms with Crippen LogP contribution in [-0.4, -0.2) is 11.6 Å². The number of amides is 1. The Labute approximate surface area is 127 Å². The van der Waals surface area contributed by atoms with Crippen molar-refractivity contribution in [2.75, 3.05) is 0 Å². The second kappa shape index (κ2) is 6.55. The summed E-state index contributed by atoms with van der Waals surface area (Å²) >= 11 is 11.9. The van der Waals surface area contributed by atoms with E-state index in [1.807, 2.05) is 6.07 Å². The zero-order valence-corrected chi connectivity index (χ0v) is 12.2. The highest BCUT2D eigenvalue weighted by Gasteiger charge is 2.06. The molecule has 0 aliphatic heterocycles. The van der Waals surface area contributed by atoms with E-state index in [2.05, 4.69) is 10.5 Å². The van der Waals surface area contributed by atoms with Gasteiger partial charge in [-0.15, -0.1) is 0 Å². The minimum absolute atomic E-state index is 0.268. The SMILES string of the molecule is CC(=NNC(=O)c1ccccc1)c1ccc(Cl)cc1Cl. The summed E-state index contributed by atoms with van der Waals surface area (Å²) in [6.07, 6.45) is 0. The van der Waals surface area contributed by atoms with Gasteiger partial charge in [0.15, 0.2) is 0 Å². The van der Waals surface area contributed by atoms with Crippen molar-refractivity contribution in [2.45, 2.75) is 6.92 Å². The highest BCUT2D eigenvalue weighted by atomic mass is 35.5. The predicted molar refractivity (Wildman–Crippen MR) is 82.6 cm³/mol. The van der Waals surface area contributed by atoms with Crippen LogP contribution in [0.25, 0.3) is 0 Å². The van der Waals surface area contributed by atoms with E-state index in [9.17, 15) is 4.79 Å². The van der Waals surface area contributed by atoms with Gasteiger partial charge in [-0.1, -0.05) is 47.5 Å². The maximum Gasteiger partial charge on any atom is 0.271 e. The summed E-state index contributed by atoms with van der Waals surface area (Å²) in [6.45, 7) is 1.76. The first-order valence-electron chi connectivity index (χ1n) is 5.93. The molecule has 1 amide bonds. The maximum atomic E-state index is 11.8. The molecule has 2 aromatic carbocycles. The lowest BCUT2D eigenvalue weighted by atomic mass is 10.1. The molecule has 0 bridgehead atoms. The molecular weight excluding hydrogens is 295 g/mol. The fraction of sp³-hybridized carbons (Fsp3) is 0.0667. The number of benzene rings is 2. The van der Waals surface area contributed by atoms with Crippen molar-refractivity contribution in [1.82, 2.24) is 5.43 Å².